The Balaban J connectivity index is 1.82. The van der Waals surface area contributed by atoms with Crippen molar-refractivity contribution in [2.45, 2.75) is 71.6 Å². The summed E-state index contributed by atoms with van der Waals surface area (Å²) in [6.07, 6.45) is -2.11. The summed E-state index contributed by atoms with van der Waals surface area (Å²) in [5.41, 5.74) is 6.04. The van der Waals surface area contributed by atoms with Crippen LogP contribution in [0.1, 0.15) is 52.6 Å². The Labute approximate surface area is 242 Å². The molecule has 3 aromatic rings. The summed E-state index contributed by atoms with van der Waals surface area (Å²) in [7, 11) is -2.12. The Kier molecular flexibility index (Phi) is 10.6. The van der Waals surface area contributed by atoms with Gasteiger partial charge in [-0.25, -0.2) is 24.7 Å². The first-order valence-electron chi connectivity index (χ1n) is 13.2. The summed E-state index contributed by atoms with van der Waals surface area (Å²) in [6, 6.07) is 4.70. The fraction of sp³-hybridized carbons (Fsp3) is 0.538. The minimum absolute atomic E-state index is 0.202. The highest BCUT2D eigenvalue weighted by molar-refractivity contribution is 7.59. The lowest BCUT2D eigenvalue weighted by Crippen LogP contribution is -2.49. The molecule has 0 saturated carbocycles. The van der Waals surface area contributed by atoms with E-state index in [2.05, 4.69) is 24.8 Å². The van der Waals surface area contributed by atoms with Crippen molar-refractivity contribution in [3.05, 3.63) is 42.5 Å². The van der Waals surface area contributed by atoms with E-state index in [1.807, 2.05) is 6.92 Å². The number of carbonyl (C=O) groups excluding carboxylic acids is 1. The Morgan fingerprint density at radius 2 is 1.83 bits per heavy atom. The van der Waals surface area contributed by atoms with Gasteiger partial charge in [0.05, 0.1) is 25.6 Å². The van der Waals surface area contributed by atoms with Crippen LogP contribution in [0.4, 0.5) is 19.0 Å². The maximum absolute atomic E-state index is 14.6. The number of esters is 1. The molecule has 3 rings (SSSR count). The second-order valence-corrected chi connectivity index (χ2v) is 12.9. The maximum atomic E-state index is 14.6. The predicted octanol–water partition coefficient (Wildman–Crippen LogP) is 4.88. The van der Waals surface area contributed by atoms with Gasteiger partial charge in [-0.2, -0.15) is 0 Å². The Morgan fingerprint density at radius 1 is 1.17 bits per heavy atom. The summed E-state index contributed by atoms with van der Waals surface area (Å²) in [5.74, 6) is -0.722. The predicted molar refractivity (Wildman–Crippen MR) is 151 cm³/mol. The maximum Gasteiger partial charge on any atom is 0.573 e. The molecule has 0 unspecified atom stereocenters. The number of anilines is 1. The molecule has 12 nitrogen and oxygen atoms in total. The standard InChI is InChI=1S/C26H37F3N7O5P/c1-7-12-39-24(37)25(4,5)34-42(38,35(6)18(3)19-8-10-20(11-9-19)41-26(27,28)29)16-40-17(2)13-36-15-33-21-22(30)31-14-32-23(21)36/h8-11,14-15,17-18H,7,12-13,16H2,1-6H3,(H,34,38)(H2,30,31,32)/t17-,18-,42-/m1/s1. The second-order valence-electron chi connectivity index (χ2n) is 10.4. The molecule has 0 aliphatic rings. The van der Waals surface area contributed by atoms with Crippen LogP contribution in [0.15, 0.2) is 36.9 Å². The molecule has 0 radical (unpaired) electrons. The average molecular weight is 616 g/mol. The smallest absolute Gasteiger partial charge is 0.464 e. The molecule has 2 aromatic heterocycles. The normalized spacial score (nSPS) is 15.4. The number of imidazole rings is 1. The molecular formula is C26H37F3N7O5P. The average Bonchev–Trinajstić information content (AvgIpc) is 3.32. The topological polar surface area (TPSA) is 147 Å². The minimum Gasteiger partial charge on any atom is -0.464 e. The molecule has 1 aromatic carbocycles. The number of hydrogen-bond acceptors (Lipinski definition) is 9. The molecule has 0 saturated heterocycles. The van der Waals surface area contributed by atoms with Crippen LogP contribution in [0, 0.1) is 0 Å². The molecule has 0 spiro atoms. The van der Waals surface area contributed by atoms with Gasteiger partial charge in [0.2, 0.25) is 7.44 Å². The Hall–Kier alpha value is -3.26. The zero-order valence-electron chi connectivity index (χ0n) is 24.4. The molecule has 3 atom stereocenters. The summed E-state index contributed by atoms with van der Waals surface area (Å²) in [4.78, 5) is 25.2. The number of nitrogen functional groups attached to an aromatic ring is 1. The number of ether oxygens (including phenoxy) is 3. The lowest BCUT2D eigenvalue weighted by Gasteiger charge is -2.38. The van der Waals surface area contributed by atoms with E-state index in [1.165, 1.54) is 35.3 Å². The number of nitrogens with zero attached hydrogens (tertiary/aromatic N) is 5. The van der Waals surface area contributed by atoms with Crippen molar-refractivity contribution < 1.29 is 36.7 Å². The van der Waals surface area contributed by atoms with Gasteiger partial charge in [-0.15, -0.1) is 13.2 Å². The highest BCUT2D eigenvalue weighted by Crippen LogP contribution is 2.51. The number of fused-ring (bicyclic) bond motifs is 1. The second kappa shape index (κ2) is 13.4. The third kappa shape index (κ3) is 8.40. The van der Waals surface area contributed by atoms with Gasteiger partial charge >= 0.3 is 12.3 Å². The highest BCUT2D eigenvalue weighted by Gasteiger charge is 2.42. The first kappa shape index (κ1) is 33.2. The summed E-state index contributed by atoms with van der Waals surface area (Å²) in [6.45, 7) is 9.00. The van der Waals surface area contributed by atoms with Crippen LogP contribution in [-0.2, 0) is 25.4 Å². The number of rotatable bonds is 14. The van der Waals surface area contributed by atoms with Crippen molar-refractivity contribution in [1.29, 1.82) is 0 Å². The Bertz CT molecular complexity index is 1400. The first-order valence-corrected chi connectivity index (χ1v) is 15.1. The fourth-order valence-electron chi connectivity index (χ4n) is 4.09. The molecule has 0 amide bonds. The van der Waals surface area contributed by atoms with Crippen LogP contribution in [0.3, 0.4) is 0 Å². The number of nitrogens with one attached hydrogen (secondary N) is 1. The van der Waals surface area contributed by atoms with Gasteiger partial charge in [0, 0.05) is 6.04 Å². The molecule has 0 fully saturated rings. The van der Waals surface area contributed by atoms with E-state index in [9.17, 15) is 22.5 Å². The van der Waals surface area contributed by atoms with Crippen molar-refractivity contribution in [3.63, 3.8) is 0 Å². The molecule has 232 valence electrons. The molecule has 2 heterocycles. The number of hydrogen-bond donors (Lipinski definition) is 2. The SMILES string of the molecule is CCCOC(=O)C(C)(C)N[P@](=O)(CO[C@H](C)Cn1cnc2c(N)ncnc21)N(C)[C@H](C)c1ccc(OC(F)(F)F)cc1. The quantitative estimate of drug-likeness (QED) is 0.189. The van der Waals surface area contributed by atoms with Crippen molar-refractivity contribution in [2.75, 3.05) is 25.7 Å². The molecule has 0 bridgehead atoms. The van der Waals surface area contributed by atoms with Gasteiger partial charge in [-0.3, -0.25) is 9.36 Å². The number of benzene rings is 1. The van der Waals surface area contributed by atoms with E-state index < -0.39 is 37.5 Å². The van der Waals surface area contributed by atoms with Crippen LogP contribution in [0.25, 0.3) is 11.2 Å². The van der Waals surface area contributed by atoms with Gasteiger partial charge in [-0.1, -0.05) is 19.1 Å². The zero-order chi connectivity index (χ0) is 31.3. The third-order valence-electron chi connectivity index (χ3n) is 6.49. The molecule has 3 N–H and O–H groups in total. The lowest BCUT2D eigenvalue weighted by molar-refractivity contribution is -0.274. The van der Waals surface area contributed by atoms with Crippen LogP contribution < -0.4 is 15.6 Å². The molecule has 0 aliphatic heterocycles. The number of aromatic nitrogens is 4. The lowest BCUT2D eigenvalue weighted by atomic mass is 10.1. The minimum atomic E-state index is -4.82. The van der Waals surface area contributed by atoms with E-state index >= 15 is 0 Å². The monoisotopic (exact) mass is 615 g/mol. The summed E-state index contributed by atoms with van der Waals surface area (Å²) < 4.78 is 71.0. The van der Waals surface area contributed by atoms with Crippen molar-refractivity contribution in [3.8, 4) is 5.75 Å². The van der Waals surface area contributed by atoms with Gasteiger partial charge in [-0.05, 0) is 58.9 Å². The van der Waals surface area contributed by atoms with Crippen LogP contribution in [0.2, 0.25) is 0 Å². The molecule has 0 aliphatic carbocycles. The van der Waals surface area contributed by atoms with E-state index in [0.29, 0.717) is 29.7 Å². The third-order valence-corrected chi connectivity index (χ3v) is 9.26. The van der Waals surface area contributed by atoms with E-state index in [1.54, 1.807) is 45.6 Å². The van der Waals surface area contributed by atoms with Crippen molar-refractivity contribution in [1.82, 2.24) is 29.3 Å². The largest absolute Gasteiger partial charge is 0.573 e. The Morgan fingerprint density at radius 3 is 2.45 bits per heavy atom. The van der Waals surface area contributed by atoms with Crippen molar-refractivity contribution >= 4 is 30.4 Å². The van der Waals surface area contributed by atoms with E-state index in [0.717, 1.165) is 0 Å². The van der Waals surface area contributed by atoms with Gasteiger partial charge in [0.15, 0.2) is 11.5 Å². The van der Waals surface area contributed by atoms with Gasteiger partial charge in [0.25, 0.3) is 0 Å². The summed E-state index contributed by atoms with van der Waals surface area (Å²) >= 11 is 0. The highest BCUT2D eigenvalue weighted by atomic mass is 31.2. The number of carbonyl (C=O) groups is 1. The zero-order valence-corrected chi connectivity index (χ0v) is 25.3. The van der Waals surface area contributed by atoms with E-state index in [4.69, 9.17) is 15.2 Å². The fourth-order valence-corrected chi connectivity index (χ4v) is 6.61. The molecule has 16 heteroatoms. The van der Waals surface area contributed by atoms with Gasteiger partial charge < -0.3 is 24.5 Å². The first-order chi connectivity index (χ1) is 19.6. The summed E-state index contributed by atoms with van der Waals surface area (Å²) in [5, 5.41) is 2.97. The number of alkyl halides is 3. The van der Waals surface area contributed by atoms with Crippen LogP contribution in [-0.4, -0.2) is 68.2 Å². The number of nitrogens with two attached hydrogens (primary N) is 1. The molecule has 42 heavy (non-hydrogen) atoms. The van der Waals surface area contributed by atoms with E-state index in [-0.39, 0.29) is 24.5 Å². The van der Waals surface area contributed by atoms with Crippen molar-refractivity contribution in [2.24, 2.45) is 0 Å². The van der Waals surface area contributed by atoms with Crippen LogP contribution >= 0.6 is 7.44 Å². The number of halogens is 3. The molecular weight excluding hydrogens is 578 g/mol. The van der Waals surface area contributed by atoms with Crippen LogP contribution in [0.5, 0.6) is 5.75 Å². The van der Waals surface area contributed by atoms with Gasteiger partial charge in [0.1, 0.15) is 29.5 Å².